The Labute approximate surface area is 54.1 Å². The zero-order valence-electron chi connectivity index (χ0n) is 5.22. The predicted octanol–water partition coefficient (Wildman–Crippen LogP) is 0.713. The summed E-state index contributed by atoms with van der Waals surface area (Å²) in [5.74, 6) is 0. The minimum absolute atomic E-state index is 0.262. The lowest BCUT2D eigenvalue weighted by molar-refractivity contribution is 0.112. The summed E-state index contributed by atoms with van der Waals surface area (Å²) in [7, 11) is 0. The van der Waals surface area contributed by atoms with Crippen LogP contribution in [-0.4, -0.2) is 12.1 Å². The molecule has 9 heavy (non-hydrogen) atoms. The first-order valence-corrected chi connectivity index (χ1v) is 2.71. The minimum Gasteiger partial charge on any atom is -0.416 e. The Morgan fingerprint density at radius 3 is 3.11 bits per heavy atom. The average Bonchev–Trinajstić information content (AvgIpc) is 2.16. The molecule has 3 nitrogen and oxygen atoms in total. The van der Waals surface area contributed by atoms with Crippen molar-refractivity contribution in [2.24, 2.45) is 0 Å². The lowest BCUT2D eigenvalue weighted by Crippen LogP contribution is -2.37. The van der Waals surface area contributed by atoms with Crippen molar-refractivity contribution in [3.63, 3.8) is 0 Å². The standard InChI is InChI=1S/C6H8N2O/c1-6(5-7-2)3-4-9-8-6/h3-4,8H,5H2,1H3. The fourth-order valence-electron chi connectivity index (χ4n) is 0.636. The number of rotatable bonds is 1. The molecular weight excluding hydrogens is 116 g/mol. The summed E-state index contributed by atoms with van der Waals surface area (Å²) in [6.07, 6.45) is 3.40. The van der Waals surface area contributed by atoms with Crippen LogP contribution in [0.2, 0.25) is 0 Å². The second-order valence-electron chi connectivity index (χ2n) is 2.26. The molecule has 0 aromatic rings. The Morgan fingerprint density at radius 2 is 2.67 bits per heavy atom. The van der Waals surface area contributed by atoms with Crippen LogP contribution in [0, 0.1) is 6.57 Å². The number of nitrogens with zero attached hydrogens (tertiary/aromatic N) is 1. The summed E-state index contributed by atoms with van der Waals surface area (Å²) in [6.45, 7) is 8.92. The molecule has 0 saturated carbocycles. The number of hydroxylamine groups is 1. The zero-order valence-corrected chi connectivity index (χ0v) is 5.22. The topological polar surface area (TPSA) is 25.6 Å². The van der Waals surface area contributed by atoms with Crippen LogP contribution in [0.25, 0.3) is 4.85 Å². The highest BCUT2D eigenvalue weighted by molar-refractivity contribution is 5.07. The van der Waals surface area contributed by atoms with Crippen LogP contribution in [0.15, 0.2) is 12.3 Å². The first-order chi connectivity index (χ1) is 4.27. The molecule has 1 rings (SSSR count). The zero-order chi connectivity index (χ0) is 6.74. The molecule has 1 N–H and O–H groups in total. The van der Waals surface area contributed by atoms with Gasteiger partial charge in [-0.25, -0.2) is 6.57 Å². The summed E-state index contributed by atoms with van der Waals surface area (Å²) in [5, 5.41) is 0. The van der Waals surface area contributed by atoms with Crippen LogP contribution in [-0.2, 0) is 4.84 Å². The maximum atomic E-state index is 6.59. The van der Waals surface area contributed by atoms with E-state index in [4.69, 9.17) is 11.4 Å². The number of hydrogen-bond acceptors (Lipinski definition) is 2. The van der Waals surface area contributed by atoms with E-state index in [1.54, 1.807) is 6.26 Å². The van der Waals surface area contributed by atoms with E-state index >= 15 is 0 Å². The van der Waals surface area contributed by atoms with Gasteiger partial charge in [-0.15, -0.1) is 5.48 Å². The van der Waals surface area contributed by atoms with Crippen LogP contribution >= 0.6 is 0 Å². The van der Waals surface area contributed by atoms with Gasteiger partial charge in [0, 0.05) is 0 Å². The smallest absolute Gasteiger partial charge is 0.239 e. The molecule has 0 radical (unpaired) electrons. The highest BCUT2D eigenvalue weighted by Gasteiger charge is 2.28. The lowest BCUT2D eigenvalue weighted by atomic mass is 10.1. The summed E-state index contributed by atoms with van der Waals surface area (Å²) >= 11 is 0. The SMILES string of the molecule is [C-]#[N+]CC1(C)C=CON1. The molecule has 0 spiro atoms. The first kappa shape index (κ1) is 6.12. The van der Waals surface area contributed by atoms with Gasteiger partial charge in [-0.3, -0.25) is 0 Å². The van der Waals surface area contributed by atoms with Gasteiger partial charge in [-0.05, 0) is 13.0 Å². The van der Waals surface area contributed by atoms with E-state index in [1.807, 2.05) is 13.0 Å². The Morgan fingerprint density at radius 1 is 1.89 bits per heavy atom. The Hall–Kier alpha value is -1.01. The van der Waals surface area contributed by atoms with Gasteiger partial charge in [0.1, 0.15) is 11.8 Å². The summed E-state index contributed by atoms with van der Waals surface area (Å²) in [6, 6.07) is 0. The molecule has 48 valence electrons. The van der Waals surface area contributed by atoms with Gasteiger partial charge in [0.05, 0.1) is 0 Å². The fraction of sp³-hybridized carbons (Fsp3) is 0.500. The lowest BCUT2D eigenvalue weighted by Gasteiger charge is -2.11. The van der Waals surface area contributed by atoms with E-state index in [0.29, 0.717) is 6.54 Å². The highest BCUT2D eigenvalue weighted by atomic mass is 16.6. The molecule has 1 aliphatic heterocycles. The van der Waals surface area contributed by atoms with Crippen molar-refractivity contribution < 1.29 is 4.84 Å². The van der Waals surface area contributed by atoms with Gasteiger partial charge in [0.2, 0.25) is 6.54 Å². The molecule has 1 heterocycles. The summed E-state index contributed by atoms with van der Waals surface area (Å²) in [5.41, 5.74) is 2.45. The number of hydrogen-bond donors (Lipinski definition) is 1. The van der Waals surface area contributed by atoms with Crippen LogP contribution < -0.4 is 5.48 Å². The van der Waals surface area contributed by atoms with E-state index in [9.17, 15) is 0 Å². The molecule has 1 unspecified atom stereocenters. The molecule has 0 aromatic carbocycles. The maximum absolute atomic E-state index is 6.59. The molecule has 0 fully saturated rings. The summed E-state index contributed by atoms with van der Waals surface area (Å²) < 4.78 is 0. The average molecular weight is 124 g/mol. The van der Waals surface area contributed by atoms with Crippen LogP contribution in [0.4, 0.5) is 0 Å². The minimum atomic E-state index is -0.262. The first-order valence-electron chi connectivity index (χ1n) is 2.71. The third-order valence-electron chi connectivity index (χ3n) is 1.20. The van der Waals surface area contributed by atoms with Crippen molar-refractivity contribution >= 4 is 0 Å². The fourth-order valence-corrected chi connectivity index (χ4v) is 0.636. The van der Waals surface area contributed by atoms with Crippen LogP contribution in [0.5, 0.6) is 0 Å². The largest absolute Gasteiger partial charge is 0.416 e. The van der Waals surface area contributed by atoms with Crippen molar-refractivity contribution in [1.82, 2.24) is 5.48 Å². The molecule has 0 amide bonds. The van der Waals surface area contributed by atoms with E-state index in [2.05, 4.69) is 10.3 Å². The number of nitrogens with one attached hydrogen (secondary N) is 1. The molecule has 0 bridgehead atoms. The van der Waals surface area contributed by atoms with E-state index in [-0.39, 0.29) is 5.54 Å². The third-order valence-corrected chi connectivity index (χ3v) is 1.20. The normalized spacial score (nSPS) is 31.6. The highest BCUT2D eigenvalue weighted by Crippen LogP contribution is 2.11. The second kappa shape index (κ2) is 2.08. The summed E-state index contributed by atoms with van der Waals surface area (Å²) in [4.78, 5) is 7.98. The van der Waals surface area contributed by atoms with Crippen molar-refractivity contribution in [2.75, 3.05) is 6.54 Å². The molecule has 1 aliphatic rings. The van der Waals surface area contributed by atoms with Crippen molar-refractivity contribution in [3.8, 4) is 0 Å². The van der Waals surface area contributed by atoms with Gasteiger partial charge in [0.15, 0.2) is 0 Å². The molecule has 1 atom stereocenters. The molecule has 0 aliphatic carbocycles. The Bertz CT molecular complexity index is 170. The molecule has 0 saturated heterocycles. The van der Waals surface area contributed by atoms with Crippen LogP contribution in [0.3, 0.4) is 0 Å². The van der Waals surface area contributed by atoms with Gasteiger partial charge in [-0.1, -0.05) is 0 Å². The van der Waals surface area contributed by atoms with Gasteiger partial charge in [0.25, 0.3) is 0 Å². The monoisotopic (exact) mass is 124 g/mol. The van der Waals surface area contributed by atoms with Crippen molar-refractivity contribution in [1.29, 1.82) is 0 Å². The molecular formula is C6H8N2O. The third kappa shape index (κ3) is 1.21. The second-order valence-corrected chi connectivity index (χ2v) is 2.26. The Kier molecular flexibility index (Phi) is 1.41. The predicted molar refractivity (Wildman–Crippen MR) is 33.2 cm³/mol. The van der Waals surface area contributed by atoms with Crippen LogP contribution in [0.1, 0.15) is 6.92 Å². The molecule has 0 aromatic heterocycles. The van der Waals surface area contributed by atoms with Gasteiger partial charge < -0.3 is 9.68 Å². The van der Waals surface area contributed by atoms with E-state index < -0.39 is 0 Å². The van der Waals surface area contributed by atoms with Gasteiger partial charge in [-0.2, -0.15) is 0 Å². The van der Waals surface area contributed by atoms with Crippen molar-refractivity contribution in [3.05, 3.63) is 23.8 Å². The van der Waals surface area contributed by atoms with E-state index in [0.717, 1.165) is 0 Å². The maximum Gasteiger partial charge on any atom is 0.239 e. The van der Waals surface area contributed by atoms with Gasteiger partial charge >= 0.3 is 0 Å². The quantitative estimate of drug-likeness (QED) is 0.521. The molecule has 3 heteroatoms. The van der Waals surface area contributed by atoms with Crippen molar-refractivity contribution in [2.45, 2.75) is 12.5 Å². The Balaban J connectivity index is 2.54. The van der Waals surface area contributed by atoms with E-state index in [1.165, 1.54) is 0 Å².